The first-order chi connectivity index (χ1) is 7.15. The summed E-state index contributed by atoms with van der Waals surface area (Å²) in [6.07, 6.45) is 4.96. The summed E-state index contributed by atoms with van der Waals surface area (Å²) in [6.45, 7) is 8.96. The molecule has 1 aromatic heterocycles. The topological polar surface area (TPSA) is 24.9 Å². The maximum absolute atomic E-state index is 4.14. The van der Waals surface area contributed by atoms with Crippen LogP contribution in [0.2, 0.25) is 0 Å². The molecule has 0 unspecified atom stereocenters. The Morgan fingerprint density at radius 2 is 2.07 bits per heavy atom. The molecular weight excluding hydrogens is 184 g/mol. The highest BCUT2D eigenvalue weighted by Crippen LogP contribution is 2.14. The van der Waals surface area contributed by atoms with Crippen molar-refractivity contribution in [1.29, 1.82) is 0 Å². The van der Waals surface area contributed by atoms with E-state index in [0.717, 1.165) is 0 Å². The molecule has 2 nitrogen and oxygen atoms in total. The molecule has 0 aliphatic heterocycles. The number of pyridine rings is 1. The van der Waals surface area contributed by atoms with Gasteiger partial charge in [-0.3, -0.25) is 4.98 Å². The first-order valence-electron chi connectivity index (χ1n) is 5.81. The van der Waals surface area contributed by atoms with Crippen LogP contribution in [0.4, 0.5) is 0 Å². The lowest BCUT2D eigenvalue weighted by atomic mass is 9.99. The Kier molecular flexibility index (Phi) is 4.76. The van der Waals surface area contributed by atoms with Gasteiger partial charge in [-0.15, -0.1) is 0 Å². The second-order valence-corrected chi connectivity index (χ2v) is 4.35. The zero-order valence-corrected chi connectivity index (χ0v) is 10.2. The lowest BCUT2D eigenvalue weighted by Crippen LogP contribution is -2.33. The molecule has 1 rings (SSSR count). The zero-order valence-electron chi connectivity index (χ0n) is 10.2. The molecule has 0 bridgehead atoms. The highest BCUT2D eigenvalue weighted by atomic mass is 14.9. The van der Waals surface area contributed by atoms with Crippen molar-refractivity contribution in [3.05, 3.63) is 30.1 Å². The van der Waals surface area contributed by atoms with E-state index in [4.69, 9.17) is 0 Å². The summed E-state index contributed by atoms with van der Waals surface area (Å²) in [4.78, 5) is 4.14. The van der Waals surface area contributed by atoms with Crippen LogP contribution in [0.3, 0.4) is 0 Å². The predicted octanol–water partition coefficient (Wildman–Crippen LogP) is 3.17. The van der Waals surface area contributed by atoms with Gasteiger partial charge in [0.15, 0.2) is 0 Å². The molecule has 0 radical (unpaired) electrons. The van der Waals surface area contributed by atoms with E-state index >= 15 is 0 Å². The fraction of sp³-hybridized carbons (Fsp3) is 0.615. The van der Waals surface area contributed by atoms with Gasteiger partial charge < -0.3 is 5.32 Å². The number of rotatable bonds is 5. The zero-order chi connectivity index (χ0) is 11.3. The van der Waals surface area contributed by atoms with E-state index < -0.39 is 0 Å². The Labute approximate surface area is 93.1 Å². The van der Waals surface area contributed by atoms with Crippen LogP contribution in [0.15, 0.2) is 24.5 Å². The summed E-state index contributed by atoms with van der Waals surface area (Å²) in [5.41, 5.74) is 1.26. The minimum Gasteiger partial charge on any atom is -0.307 e. The van der Waals surface area contributed by atoms with Crippen LogP contribution in [0.1, 0.15) is 45.7 Å². The second-order valence-electron chi connectivity index (χ2n) is 4.35. The van der Waals surface area contributed by atoms with E-state index in [2.05, 4.69) is 44.1 Å². The summed E-state index contributed by atoms with van der Waals surface area (Å²) >= 11 is 0. The van der Waals surface area contributed by atoms with Gasteiger partial charge in [-0.1, -0.05) is 26.3 Å². The highest BCUT2D eigenvalue weighted by molar-refractivity contribution is 5.12. The Morgan fingerprint density at radius 1 is 1.33 bits per heavy atom. The maximum Gasteiger partial charge on any atom is 0.0315 e. The number of aromatic nitrogens is 1. The van der Waals surface area contributed by atoms with Crippen LogP contribution in [0.25, 0.3) is 0 Å². The van der Waals surface area contributed by atoms with Gasteiger partial charge in [-0.2, -0.15) is 0 Å². The molecule has 2 heteroatoms. The molecule has 0 spiro atoms. The second kappa shape index (κ2) is 5.86. The van der Waals surface area contributed by atoms with E-state index in [1.807, 2.05) is 18.5 Å². The van der Waals surface area contributed by atoms with Crippen LogP contribution in [0.5, 0.6) is 0 Å². The van der Waals surface area contributed by atoms with E-state index in [0.29, 0.717) is 18.0 Å². The fourth-order valence-electron chi connectivity index (χ4n) is 1.64. The first kappa shape index (κ1) is 12.2. The van der Waals surface area contributed by atoms with E-state index in [9.17, 15) is 0 Å². The number of hydrogen-bond donors (Lipinski definition) is 1. The molecule has 0 amide bonds. The van der Waals surface area contributed by atoms with Gasteiger partial charge in [0.1, 0.15) is 0 Å². The lowest BCUT2D eigenvalue weighted by molar-refractivity contribution is 0.360. The van der Waals surface area contributed by atoms with Gasteiger partial charge in [-0.05, 0) is 31.4 Å². The minimum atomic E-state index is 0.378. The fourth-order valence-corrected chi connectivity index (χ4v) is 1.64. The number of hydrogen-bond acceptors (Lipinski definition) is 2. The van der Waals surface area contributed by atoms with E-state index in [1.54, 1.807) is 0 Å². The van der Waals surface area contributed by atoms with Crippen molar-refractivity contribution < 1.29 is 0 Å². The van der Waals surface area contributed by atoms with E-state index in [1.165, 1.54) is 12.0 Å². The highest BCUT2D eigenvalue weighted by Gasteiger charge is 2.13. The van der Waals surface area contributed by atoms with Crippen LogP contribution < -0.4 is 5.32 Å². The molecule has 0 fully saturated rings. The molecule has 0 aliphatic rings. The molecule has 15 heavy (non-hydrogen) atoms. The normalized spacial score (nSPS) is 17.1. The summed E-state index contributed by atoms with van der Waals surface area (Å²) < 4.78 is 0. The third kappa shape index (κ3) is 3.63. The first-order valence-corrected chi connectivity index (χ1v) is 5.81. The molecule has 84 valence electrons. The third-order valence-corrected chi connectivity index (χ3v) is 3.19. The van der Waals surface area contributed by atoms with Crippen molar-refractivity contribution in [2.24, 2.45) is 5.92 Å². The average Bonchev–Trinajstić information content (AvgIpc) is 2.29. The minimum absolute atomic E-state index is 0.378. The van der Waals surface area contributed by atoms with Crippen LogP contribution in [-0.2, 0) is 0 Å². The monoisotopic (exact) mass is 206 g/mol. The molecule has 1 heterocycles. The van der Waals surface area contributed by atoms with Gasteiger partial charge in [-0.25, -0.2) is 0 Å². The number of nitrogens with one attached hydrogen (secondary N) is 1. The van der Waals surface area contributed by atoms with Gasteiger partial charge in [0, 0.05) is 24.5 Å². The number of nitrogens with zero attached hydrogens (tertiary/aromatic N) is 1. The van der Waals surface area contributed by atoms with Gasteiger partial charge in [0.2, 0.25) is 0 Å². The van der Waals surface area contributed by atoms with Crippen LogP contribution in [-0.4, -0.2) is 11.0 Å². The average molecular weight is 206 g/mol. The SMILES string of the molecule is CC[C@H](C)[C@@H](C)N[C@@H](C)c1cccnc1. The largest absolute Gasteiger partial charge is 0.307 e. The molecular formula is C13H22N2. The van der Waals surface area contributed by atoms with Gasteiger partial charge in [0.25, 0.3) is 0 Å². The maximum atomic E-state index is 4.14. The predicted molar refractivity (Wildman–Crippen MR) is 64.7 cm³/mol. The molecule has 1 aromatic rings. The molecule has 0 saturated heterocycles. The van der Waals surface area contributed by atoms with Gasteiger partial charge >= 0.3 is 0 Å². The molecule has 1 N–H and O–H groups in total. The molecule has 0 aliphatic carbocycles. The van der Waals surface area contributed by atoms with Crippen molar-refractivity contribution in [3.8, 4) is 0 Å². The molecule has 3 atom stereocenters. The summed E-state index contributed by atoms with van der Waals surface area (Å²) in [6, 6.07) is 5.03. The molecule has 0 saturated carbocycles. The summed E-state index contributed by atoms with van der Waals surface area (Å²) in [7, 11) is 0. The van der Waals surface area contributed by atoms with Crippen molar-refractivity contribution >= 4 is 0 Å². The quantitative estimate of drug-likeness (QED) is 0.800. The Hall–Kier alpha value is -0.890. The Bertz CT molecular complexity index is 271. The standard InChI is InChI=1S/C13H22N2/c1-5-10(2)11(3)15-12(4)13-7-6-8-14-9-13/h6-12,15H,5H2,1-4H3/t10-,11+,12-/m0/s1. The Morgan fingerprint density at radius 3 is 2.60 bits per heavy atom. The van der Waals surface area contributed by atoms with Crippen molar-refractivity contribution in [2.75, 3.05) is 0 Å². The molecule has 0 aromatic carbocycles. The van der Waals surface area contributed by atoms with Gasteiger partial charge in [0.05, 0.1) is 0 Å². The Balaban J connectivity index is 2.52. The lowest BCUT2D eigenvalue weighted by Gasteiger charge is -2.24. The van der Waals surface area contributed by atoms with Crippen molar-refractivity contribution in [1.82, 2.24) is 10.3 Å². The van der Waals surface area contributed by atoms with E-state index in [-0.39, 0.29) is 0 Å². The van der Waals surface area contributed by atoms with Crippen LogP contribution >= 0.6 is 0 Å². The third-order valence-electron chi connectivity index (χ3n) is 3.19. The summed E-state index contributed by atoms with van der Waals surface area (Å²) in [5.74, 6) is 0.712. The van der Waals surface area contributed by atoms with Crippen molar-refractivity contribution in [2.45, 2.75) is 46.2 Å². The summed E-state index contributed by atoms with van der Waals surface area (Å²) in [5, 5.41) is 3.61. The smallest absolute Gasteiger partial charge is 0.0315 e. The van der Waals surface area contributed by atoms with Crippen molar-refractivity contribution in [3.63, 3.8) is 0 Å². The van der Waals surface area contributed by atoms with Crippen LogP contribution in [0, 0.1) is 5.92 Å².